The summed E-state index contributed by atoms with van der Waals surface area (Å²) in [7, 11) is 0. The predicted octanol–water partition coefficient (Wildman–Crippen LogP) is 4.24. The molecule has 0 radical (unpaired) electrons. The fourth-order valence-electron chi connectivity index (χ4n) is 3.46. The van der Waals surface area contributed by atoms with E-state index in [2.05, 4.69) is 20.2 Å². The average molecular weight is 444 g/mol. The molecule has 8 heteroatoms. The third kappa shape index (κ3) is 5.36. The molecule has 3 aromatic rings. The monoisotopic (exact) mass is 443 g/mol. The van der Waals surface area contributed by atoms with Gasteiger partial charge in [0.25, 0.3) is 0 Å². The van der Waals surface area contributed by atoms with Crippen LogP contribution in [0.1, 0.15) is 11.1 Å². The van der Waals surface area contributed by atoms with Gasteiger partial charge in [0.2, 0.25) is 0 Å². The molecule has 2 heterocycles. The Bertz CT molecular complexity index is 999. The van der Waals surface area contributed by atoms with Crippen LogP contribution in [-0.4, -0.2) is 50.9 Å². The lowest BCUT2D eigenvalue weighted by Crippen LogP contribution is -2.49. The number of hydrogen-bond acceptors (Lipinski definition) is 3. The Morgan fingerprint density at radius 3 is 2.47 bits per heavy atom. The third-order valence-electron chi connectivity index (χ3n) is 5.14. The van der Waals surface area contributed by atoms with Crippen LogP contribution in [-0.2, 0) is 13.1 Å². The van der Waals surface area contributed by atoms with Crippen LogP contribution in [0.2, 0.25) is 5.02 Å². The number of rotatable bonds is 5. The largest absolute Gasteiger partial charge is 0.346 e. The molecular weight excluding hydrogens is 421 g/mol. The van der Waals surface area contributed by atoms with Gasteiger partial charge in [0.15, 0.2) is 10.9 Å². The molecule has 1 fully saturated rings. The molecule has 156 valence electrons. The topological polar surface area (TPSA) is 36.3 Å². The van der Waals surface area contributed by atoms with Gasteiger partial charge in [0, 0.05) is 50.0 Å². The van der Waals surface area contributed by atoms with E-state index >= 15 is 0 Å². The van der Waals surface area contributed by atoms with Crippen molar-refractivity contribution >= 4 is 34.7 Å². The third-order valence-corrected chi connectivity index (χ3v) is 5.87. The standard InChI is InChI=1S/C22H23ClFN5S/c23-20-4-2-1-3-18(20)16-29-10-9-21(26-29)25-22(30)28-13-11-27(12-14-28)15-17-5-7-19(24)8-6-17/h1-10H,11-16H2,(H,25,26,30). The van der Waals surface area contributed by atoms with Crippen molar-refractivity contribution in [2.24, 2.45) is 0 Å². The number of piperazine rings is 1. The lowest BCUT2D eigenvalue weighted by Gasteiger charge is -2.36. The van der Waals surface area contributed by atoms with Gasteiger partial charge in [-0.25, -0.2) is 4.39 Å². The van der Waals surface area contributed by atoms with Crippen molar-refractivity contribution < 1.29 is 4.39 Å². The first-order chi connectivity index (χ1) is 14.6. The fraction of sp³-hybridized carbons (Fsp3) is 0.273. The van der Waals surface area contributed by atoms with E-state index in [4.69, 9.17) is 23.8 Å². The van der Waals surface area contributed by atoms with Crippen molar-refractivity contribution in [3.8, 4) is 0 Å². The van der Waals surface area contributed by atoms with Crippen LogP contribution in [0.5, 0.6) is 0 Å². The molecule has 0 spiro atoms. The molecule has 30 heavy (non-hydrogen) atoms. The molecule has 0 atom stereocenters. The van der Waals surface area contributed by atoms with Gasteiger partial charge in [-0.3, -0.25) is 9.58 Å². The summed E-state index contributed by atoms with van der Waals surface area (Å²) in [6, 6.07) is 16.4. The highest BCUT2D eigenvalue weighted by molar-refractivity contribution is 7.80. The van der Waals surface area contributed by atoms with Crippen LogP contribution in [0.4, 0.5) is 10.2 Å². The summed E-state index contributed by atoms with van der Waals surface area (Å²) in [6.07, 6.45) is 1.91. The number of hydrogen-bond donors (Lipinski definition) is 1. The minimum Gasteiger partial charge on any atom is -0.346 e. The first-order valence-electron chi connectivity index (χ1n) is 9.86. The molecule has 5 nitrogen and oxygen atoms in total. The maximum atomic E-state index is 13.1. The Hall–Kier alpha value is -2.48. The van der Waals surface area contributed by atoms with E-state index in [1.54, 1.807) is 0 Å². The van der Waals surface area contributed by atoms with E-state index < -0.39 is 0 Å². The van der Waals surface area contributed by atoms with Crippen LogP contribution in [0, 0.1) is 5.82 Å². The highest BCUT2D eigenvalue weighted by atomic mass is 35.5. The second kappa shape index (κ2) is 9.55. The van der Waals surface area contributed by atoms with Gasteiger partial charge in [-0.1, -0.05) is 41.9 Å². The molecule has 1 aromatic heterocycles. The Morgan fingerprint density at radius 2 is 1.73 bits per heavy atom. The first-order valence-corrected chi connectivity index (χ1v) is 10.6. The summed E-state index contributed by atoms with van der Waals surface area (Å²) in [5, 5.41) is 9.20. The number of thiocarbonyl (C=S) groups is 1. The maximum absolute atomic E-state index is 13.1. The second-order valence-electron chi connectivity index (χ2n) is 7.31. The molecule has 2 aromatic carbocycles. The zero-order valence-corrected chi connectivity index (χ0v) is 18.0. The molecule has 1 saturated heterocycles. The fourth-order valence-corrected chi connectivity index (χ4v) is 3.95. The minimum absolute atomic E-state index is 0.200. The summed E-state index contributed by atoms with van der Waals surface area (Å²) < 4.78 is 14.9. The summed E-state index contributed by atoms with van der Waals surface area (Å²) >= 11 is 11.8. The van der Waals surface area contributed by atoms with Crippen molar-refractivity contribution in [1.82, 2.24) is 19.6 Å². The second-order valence-corrected chi connectivity index (χ2v) is 8.10. The van der Waals surface area contributed by atoms with Gasteiger partial charge in [0.05, 0.1) is 6.54 Å². The van der Waals surface area contributed by atoms with E-state index in [0.717, 1.165) is 54.7 Å². The van der Waals surface area contributed by atoms with Gasteiger partial charge in [-0.05, 0) is 41.5 Å². The molecule has 0 unspecified atom stereocenters. The zero-order chi connectivity index (χ0) is 20.9. The number of anilines is 1. The van der Waals surface area contributed by atoms with E-state index in [-0.39, 0.29) is 5.82 Å². The Kier molecular flexibility index (Phi) is 6.62. The summed E-state index contributed by atoms with van der Waals surface area (Å²) in [6.45, 7) is 4.91. The first kappa shape index (κ1) is 20.8. The molecular formula is C22H23ClFN5S. The van der Waals surface area contributed by atoms with Gasteiger partial charge < -0.3 is 10.2 Å². The lowest BCUT2D eigenvalue weighted by atomic mass is 10.2. The number of nitrogens with zero attached hydrogens (tertiary/aromatic N) is 4. The number of halogens is 2. The molecule has 0 amide bonds. The number of aromatic nitrogens is 2. The molecule has 1 N–H and O–H groups in total. The van der Waals surface area contributed by atoms with Crippen LogP contribution in [0.25, 0.3) is 0 Å². The SMILES string of the molecule is Fc1ccc(CN2CCN(C(=S)Nc3ccn(Cc4ccccc4Cl)n3)CC2)cc1. The minimum atomic E-state index is -0.200. The van der Waals surface area contributed by atoms with E-state index in [1.165, 1.54) is 12.1 Å². The highest BCUT2D eigenvalue weighted by Gasteiger charge is 2.19. The summed E-state index contributed by atoms with van der Waals surface area (Å²) in [5.74, 6) is 0.523. The van der Waals surface area contributed by atoms with E-state index in [9.17, 15) is 4.39 Å². The molecule has 0 saturated carbocycles. The molecule has 1 aliphatic heterocycles. The molecule has 4 rings (SSSR count). The summed E-state index contributed by atoms with van der Waals surface area (Å²) in [4.78, 5) is 4.51. The molecule has 1 aliphatic rings. The zero-order valence-electron chi connectivity index (χ0n) is 16.5. The summed E-state index contributed by atoms with van der Waals surface area (Å²) in [5.41, 5.74) is 2.14. The van der Waals surface area contributed by atoms with Crippen molar-refractivity contribution in [1.29, 1.82) is 0 Å². The van der Waals surface area contributed by atoms with Gasteiger partial charge >= 0.3 is 0 Å². The quantitative estimate of drug-likeness (QED) is 0.597. The Morgan fingerprint density at radius 1 is 1.00 bits per heavy atom. The normalized spacial score (nSPS) is 14.7. The molecule has 0 aliphatic carbocycles. The highest BCUT2D eigenvalue weighted by Crippen LogP contribution is 2.17. The van der Waals surface area contributed by atoms with Crippen LogP contribution in [0.15, 0.2) is 60.8 Å². The van der Waals surface area contributed by atoms with Crippen LogP contribution in [0.3, 0.4) is 0 Å². The maximum Gasteiger partial charge on any atom is 0.174 e. The van der Waals surface area contributed by atoms with Crippen LogP contribution < -0.4 is 5.32 Å². The number of benzene rings is 2. The Balaban J connectivity index is 1.26. The van der Waals surface area contributed by atoms with E-state index in [0.29, 0.717) is 11.7 Å². The van der Waals surface area contributed by atoms with Crippen molar-refractivity contribution in [2.75, 3.05) is 31.5 Å². The smallest absolute Gasteiger partial charge is 0.174 e. The van der Waals surface area contributed by atoms with Crippen LogP contribution >= 0.6 is 23.8 Å². The molecule has 0 bridgehead atoms. The lowest BCUT2D eigenvalue weighted by molar-refractivity contribution is 0.177. The van der Waals surface area contributed by atoms with Gasteiger partial charge in [-0.2, -0.15) is 5.10 Å². The Labute approximate surface area is 186 Å². The van der Waals surface area contributed by atoms with Crippen molar-refractivity contribution in [3.05, 3.63) is 82.8 Å². The van der Waals surface area contributed by atoms with Crippen molar-refractivity contribution in [3.63, 3.8) is 0 Å². The van der Waals surface area contributed by atoms with E-state index in [1.807, 2.05) is 53.3 Å². The van der Waals surface area contributed by atoms with Crippen molar-refractivity contribution in [2.45, 2.75) is 13.1 Å². The van der Waals surface area contributed by atoms with Gasteiger partial charge in [-0.15, -0.1) is 0 Å². The predicted molar refractivity (Wildman–Crippen MR) is 122 cm³/mol. The average Bonchev–Trinajstić information content (AvgIpc) is 3.19. The number of nitrogens with one attached hydrogen (secondary N) is 1. The van der Waals surface area contributed by atoms with Gasteiger partial charge in [0.1, 0.15) is 5.82 Å².